The number of aryl methyl sites for hydroxylation is 3. The second-order valence-electron chi connectivity index (χ2n) is 5.57. The topological polar surface area (TPSA) is 72.9 Å². The summed E-state index contributed by atoms with van der Waals surface area (Å²) in [5.74, 6) is 0.716. The summed E-state index contributed by atoms with van der Waals surface area (Å²) in [6.45, 7) is 1.96. The lowest BCUT2D eigenvalue weighted by atomic mass is 10.0. The summed E-state index contributed by atoms with van der Waals surface area (Å²) in [6, 6.07) is 9.99. The molecule has 0 bridgehead atoms. The van der Waals surface area contributed by atoms with Crippen LogP contribution in [0.3, 0.4) is 0 Å². The third-order valence-electron chi connectivity index (χ3n) is 3.82. The summed E-state index contributed by atoms with van der Waals surface area (Å²) in [6.07, 6.45) is 5.41. The van der Waals surface area contributed by atoms with E-state index in [1.807, 2.05) is 20.0 Å². The van der Waals surface area contributed by atoms with E-state index in [2.05, 4.69) is 34.7 Å². The van der Waals surface area contributed by atoms with Gasteiger partial charge in [0.15, 0.2) is 0 Å². The maximum Gasteiger partial charge on any atom is 0.317 e. The van der Waals surface area contributed by atoms with Gasteiger partial charge < -0.3 is 5.73 Å². The van der Waals surface area contributed by atoms with Gasteiger partial charge in [0.1, 0.15) is 5.82 Å². The van der Waals surface area contributed by atoms with Crippen molar-refractivity contribution in [2.75, 3.05) is 5.32 Å². The van der Waals surface area contributed by atoms with Crippen molar-refractivity contribution < 1.29 is 4.79 Å². The lowest BCUT2D eigenvalue weighted by Crippen LogP contribution is -2.21. The molecule has 0 aliphatic heterocycles. The monoisotopic (exact) mass is 300 g/mol. The first kappa shape index (κ1) is 16.1. The number of hydrogen-bond acceptors (Lipinski definition) is 2. The summed E-state index contributed by atoms with van der Waals surface area (Å²) in [7, 11) is 1.82. The summed E-state index contributed by atoms with van der Waals surface area (Å²) >= 11 is 0. The largest absolute Gasteiger partial charge is 0.351 e. The van der Waals surface area contributed by atoms with Gasteiger partial charge in [0.05, 0.1) is 5.69 Å². The zero-order valence-electron chi connectivity index (χ0n) is 13.3. The maximum absolute atomic E-state index is 11.1. The molecule has 1 aromatic heterocycles. The Bertz CT molecular complexity index is 619. The number of nitrogens with one attached hydrogen (secondary N) is 1. The van der Waals surface area contributed by atoms with Crippen LogP contribution >= 0.6 is 0 Å². The van der Waals surface area contributed by atoms with E-state index < -0.39 is 6.03 Å². The average Bonchev–Trinajstić information content (AvgIpc) is 2.74. The third-order valence-corrected chi connectivity index (χ3v) is 3.82. The standard InChI is InChI=1S/C17H24N4O/c1-13-15(16(19-17(18)22)21(2)20-13)12-8-4-7-11-14-9-5-3-6-10-14/h3,5-6,9-10H,4,7-8,11-12H2,1-2H3,(H3,18,19,22). The van der Waals surface area contributed by atoms with E-state index in [0.29, 0.717) is 5.82 Å². The van der Waals surface area contributed by atoms with Crippen molar-refractivity contribution in [2.24, 2.45) is 12.8 Å². The third kappa shape index (κ3) is 4.35. The van der Waals surface area contributed by atoms with E-state index >= 15 is 0 Å². The summed E-state index contributed by atoms with van der Waals surface area (Å²) < 4.78 is 1.68. The Labute approximate surface area is 131 Å². The summed E-state index contributed by atoms with van der Waals surface area (Å²) in [5.41, 5.74) is 8.64. The zero-order valence-corrected chi connectivity index (χ0v) is 13.3. The normalized spacial score (nSPS) is 10.6. The van der Waals surface area contributed by atoms with Crippen LogP contribution in [0, 0.1) is 6.92 Å². The molecule has 0 spiro atoms. The first-order chi connectivity index (χ1) is 10.6. The minimum atomic E-state index is -0.548. The SMILES string of the molecule is Cc1nn(C)c(NC(N)=O)c1CCCCCc1ccccc1. The predicted octanol–water partition coefficient (Wildman–Crippen LogP) is 3.17. The highest BCUT2D eigenvalue weighted by Gasteiger charge is 2.13. The molecule has 0 radical (unpaired) electrons. The fourth-order valence-corrected chi connectivity index (χ4v) is 2.73. The zero-order chi connectivity index (χ0) is 15.9. The van der Waals surface area contributed by atoms with E-state index in [1.165, 1.54) is 12.0 Å². The van der Waals surface area contributed by atoms with Crippen LogP contribution < -0.4 is 11.1 Å². The maximum atomic E-state index is 11.1. The van der Waals surface area contributed by atoms with Crippen LogP contribution in [0.25, 0.3) is 0 Å². The molecule has 5 heteroatoms. The van der Waals surface area contributed by atoms with Crippen molar-refractivity contribution in [3.8, 4) is 0 Å². The molecule has 0 atom stereocenters. The number of unbranched alkanes of at least 4 members (excludes halogenated alkanes) is 2. The predicted molar refractivity (Wildman–Crippen MR) is 88.9 cm³/mol. The first-order valence-corrected chi connectivity index (χ1v) is 7.71. The molecule has 0 aliphatic carbocycles. The molecule has 0 aliphatic rings. The van der Waals surface area contributed by atoms with Gasteiger partial charge in [0.2, 0.25) is 0 Å². The number of hydrogen-bond donors (Lipinski definition) is 2. The lowest BCUT2D eigenvalue weighted by molar-refractivity contribution is 0.259. The molecule has 2 aromatic rings. The minimum Gasteiger partial charge on any atom is -0.351 e. The number of benzene rings is 1. The molecule has 2 amide bonds. The van der Waals surface area contributed by atoms with Crippen molar-refractivity contribution in [2.45, 2.75) is 39.0 Å². The molecule has 1 heterocycles. The van der Waals surface area contributed by atoms with Crippen molar-refractivity contribution in [3.63, 3.8) is 0 Å². The molecule has 2 rings (SSSR count). The molecule has 3 N–H and O–H groups in total. The molecular formula is C17H24N4O. The van der Waals surface area contributed by atoms with E-state index in [0.717, 1.165) is 36.9 Å². The molecular weight excluding hydrogens is 276 g/mol. The van der Waals surface area contributed by atoms with E-state index in [4.69, 9.17) is 5.73 Å². The number of carbonyl (C=O) groups excluding carboxylic acids is 1. The summed E-state index contributed by atoms with van der Waals surface area (Å²) in [4.78, 5) is 11.1. The van der Waals surface area contributed by atoms with Crippen molar-refractivity contribution in [1.82, 2.24) is 9.78 Å². The molecule has 0 saturated carbocycles. The summed E-state index contributed by atoms with van der Waals surface area (Å²) in [5, 5.41) is 7.03. The van der Waals surface area contributed by atoms with Crippen molar-refractivity contribution in [1.29, 1.82) is 0 Å². The van der Waals surface area contributed by atoms with Gasteiger partial charge in [0, 0.05) is 12.6 Å². The second kappa shape index (κ2) is 7.64. The Balaban J connectivity index is 1.83. The van der Waals surface area contributed by atoms with Gasteiger partial charge in [-0.1, -0.05) is 36.8 Å². The number of nitrogens with two attached hydrogens (primary N) is 1. The van der Waals surface area contributed by atoms with E-state index in [-0.39, 0.29) is 0 Å². The Kier molecular flexibility index (Phi) is 5.58. The minimum absolute atomic E-state index is 0.548. The van der Waals surface area contributed by atoms with Crippen LogP contribution in [0.5, 0.6) is 0 Å². The highest BCUT2D eigenvalue weighted by molar-refractivity contribution is 5.87. The number of carbonyl (C=O) groups is 1. The lowest BCUT2D eigenvalue weighted by Gasteiger charge is -2.07. The molecule has 0 fully saturated rings. The van der Waals surface area contributed by atoms with Crippen LogP contribution in [0.1, 0.15) is 36.1 Å². The van der Waals surface area contributed by atoms with Crippen LogP contribution in [0.15, 0.2) is 30.3 Å². The van der Waals surface area contributed by atoms with Gasteiger partial charge >= 0.3 is 6.03 Å². The quantitative estimate of drug-likeness (QED) is 0.771. The average molecular weight is 300 g/mol. The Morgan fingerprint density at radius 3 is 2.55 bits per heavy atom. The highest BCUT2D eigenvalue weighted by Crippen LogP contribution is 2.21. The molecule has 0 saturated heterocycles. The van der Waals surface area contributed by atoms with Crippen molar-refractivity contribution in [3.05, 3.63) is 47.2 Å². The molecule has 1 aromatic carbocycles. The number of amides is 2. The van der Waals surface area contributed by atoms with Gasteiger partial charge in [-0.15, -0.1) is 0 Å². The van der Waals surface area contributed by atoms with Crippen LogP contribution in [-0.2, 0) is 19.9 Å². The fraction of sp³-hybridized carbons (Fsp3) is 0.412. The number of urea groups is 1. The number of aromatic nitrogens is 2. The van der Waals surface area contributed by atoms with E-state index in [1.54, 1.807) is 4.68 Å². The molecule has 118 valence electrons. The number of anilines is 1. The van der Waals surface area contributed by atoms with Gasteiger partial charge in [-0.25, -0.2) is 4.79 Å². The van der Waals surface area contributed by atoms with Crippen LogP contribution in [0.2, 0.25) is 0 Å². The fourth-order valence-electron chi connectivity index (χ4n) is 2.73. The van der Waals surface area contributed by atoms with Crippen LogP contribution in [0.4, 0.5) is 10.6 Å². The molecule has 0 unspecified atom stereocenters. The van der Waals surface area contributed by atoms with Gasteiger partial charge in [0.25, 0.3) is 0 Å². The first-order valence-electron chi connectivity index (χ1n) is 7.71. The van der Waals surface area contributed by atoms with E-state index in [9.17, 15) is 4.79 Å². The number of primary amides is 1. The Morgan fingerprint density at radius 1 is 1.18 bits per heavy atom. The molecule has 22 heavy (non-hydrogen) atoms. The van der Waals surface area contributed by atoms with Crippen LogP contribution in [-0.4, -0.2) is 15.8 Å². The highest BCUT2D eigenvalue weighted by atomic mass is 16.2. The number of rotatable bonds is 7. The Hall–Kier alpha value is -2.30. The molecule has 5 nitrogen and oxygen atoms in total. The second-order valence-corrected chi connectivity index (χ2v) is 5.57. The number of nitrogens with zero attached hydrogens (tertiary/aromatic N) is 2. The van der Waals surface area contributed by atoms with Gasteiger partial charge in [-0.05, 0) is 38.2 Å². The van der Waals surface area contributed by atoms with Gasteiger partial charge in [-0.2, -0.15) is 5.10 Å². The van der Waals surface area contributed by atoms with Crippen molar-refractivity contribution >= 4 is 11.8 Å². The van der Waals surface area contributed by atoms with Gasteiger partial charge in [-0.3, -0.25) is 10.00 Å². The Morgan fingerprint density at radius 2 is 1.86 bits per heavy atom. The smallest absolute Gasteiger partial charge is 0.317 e.